The van der Waals surface area contributed by atoms with E-state index in [2.05, 4.69) is 11.5 Å². The summed E-state index contributed by atoms with van der Waals surface area (Å²) in [5, 5.41) is 1.40. The van der Waals surface area contributed by atoms with Crippen LogP contribution >= 0.6 is 23.4 Å². The summed E-state index contributed by atoms with van der Waals surface area (Å²) < 4.78 is 69.6. The summed E-state index contributed by atoms with van der Waals surface area (Å²) in [6.07, 6.45) is -3.05. The molecule has 5 nitrogen and oxygen atoms in total. The van der Waals surface area contributed by atoms with Crippen molar-refractivity contribution in [2.24, 2.45) is 0 Å². The second kappa shape index (κ2) is 16.1. The second-order valence-electron chi connectivity index (χ2n) is 12.8. The standard InChI is InChI=1S/C40H35ClF5N3O2S/c1-26(41)22-47-19-17-32(18-20-47)48(23-27-9-11-28(12-10-27)29-13-15-31(16-14-29)40(44,45)46)37(51)24-49-35-8-3-2-6-33(35)36(50)21-38(49)52-25-30-5-4-7-34(42)39(30)43/h2-16,21,32H,1,17-20,22-25H2. The molecule has 5 aromatic rings. The predicted molar refractivity (Wildman–Crippen MR) is 196 cm³/mol. The Hall–Kier alpha value is -4.45. The summed E-state index contributed by atoms with van der Waals surface area (Å²) in [5.74, 6) is -2.08. The number of hydrogen-bond donors (Lipinski definition) is 0. The Morgan fingerprint density at radius 3 is 2.19 bits per heavy atom. The van der Waals surface area contributed by atoms with E-state index in [0.717, 1.165) is 41.1 Å². The molecule has 0 aliphatic carbocycles. The third kappa shape index (κ3) is 8.77. The number of hydrogen-bond acceptors (Lipinski definition) is 4. The largest absolute Gasteiger partial charge is 0.416 e. The molecule has 0 unspecified atom stereocenters. The van der Waals surface area contributed by atoms with E-state index >= 15 is 0 Å². The molecule has 0 saturated carbocycles. The molecule has 1 amide bonds. The number of pyridine rings is 1. The summed E-state index contributed by atoms with van der Waals surface area (Å²) >= 11 is 7.23. The van der Waals surface area contributed by atoms with Gasteiger partial charge in [-0.15, -0.1) is 11.8 Å². The van der Waals surface area contributed by atoms with Crippen molar-refractivity contribution in [2.75, 3.05) is 19.6 Å². The minimum Gasteiger partial charge on any atom is -0.334 e. The van der Waals surface area contributed by atoms with Gasteiger partial charge in [0.25, 0.3) is 0 Å². The Kier molecular flexibility index (Phi) is 11.5. The minimum atomic E-state index is -4.42. The van der Waals surface area contributed by atoms with E-state index in [4.69, 9.17) is 11.6 Å². The number of nitrogens with zero attached hydrogens (tertiary/aromatic N) is 3. The van der Waals surface area contributed by atoms with E-state index in [-0.39, 0.29) is 41.8 Å². The Bertz CT molecular complexity index is 2130. The Labute approximate surface area is 307 Å². The van der Waals surface area contributed by atoms with E-state index in [0.29, 0.717) is 59.0 Å². The van der Waals surface area contributed by atoms with Gasteiger partial charge in [-0.05, 0) is 59.9 Å². The Morgan fingerprint density at radius 1 is 0.885 bits per heavy atom. The third-order valence-corrected chi connectivity index (χ3v) is 10.5. The third-order valence-electron chi connectivity index (χ3n) is 9.25. The van der Waals surface area contributed by atoms with Crippen LogP contribution in [0, 0.1) is 11.6 Å². The van der Waals surface area contributed by atoms with E-state index in [9.17, 15) is 31.5 Å². The fraction of sp³-hybridized carbons (Fsp3) is 0.250. The normalized spacial score (nSPS) is 14.1. The summed E-state index contributed by atoms with van der Waals surface area (Å²) in [5.41, 5.74) is 1.91. The molecule has 270 valence electrons. The molecule has 1 aliphatic heterocycles. The number of para-hydroxylation sites is 1. The number of carbonyl (C=O) groups is 1. The van der Waals surface area contributed by atoms with Gasteiger partial charge < -0.3 is 9.47 Å². The van der Waals surface area contributed by atoms with Crippen LogP contribution in [-0.4, -0.2) is 46.0 Å². The van der Waals surface area contributed by atoms with Crippen molar-refractivity contribution < 1.29 is 26.7 Å². The first-order valence-electron chi connectivity index (χ1n) is 16.7. The molecule has 0 atom stereocenters. The number of likely N-dealkylation sites (tertiary alicyclic amines) is 1. The zero-order valence-electron chi connectivity index (χ0n) is 28.0. The molecule has 1 saturated heterocycles. The molecular weight excluding hydrogens is 717 g/mol. The smallest absolute Gasteiger partial charge is 0.334 e. The molecule has 0 bridgehead atoms. The van der Waals surface area contributed by atoms with Crippen LogP contribution < -0.4 is 5.43 Å². The minimum absolute atomic E-state index is 0.0366. The van der Waals surface area contributed by atoms with Crippen molar-refractivity contribution >= 4 is 40.2 Å². The maximum Gasteiger partial charge on any atom is 0.416 e. The number of alkyl halides is 3. The number of rotatable bonds is 11. The highest BCUT2D eigenvalue weighted by molar-refractivity contribution is 7.98. The first-order valence-corrected chi connectivity index (χ1v) is 18.0. The molecule has 12 heteroatoms. The molecule has 0 radical (unpaired) electrons. The van der Waals surface area contributed by atoms with Crippen LogP contribution in [0.5, 0.6) is 0 Å². The topological polar surface area (TPSA) is 45.5 Å². The number of benzene rings is 4. The van der Waals surface area contributed by atoms with Crippen LogP contribution in [0.15, 0.2) is 118 Å². The molecule has 0 spiro atoms. The van der Waals surface area contributed by atoms with Gasteiger partial charge in [0.15, 0.2) is 17.1 Å². The first kappa shape index (κ1) is 37.3. The number of amides is 1. The van der Waals surface area contributed by atoms with Crippen LogP contribution in [0.2, 0.25) is 0 Å². The first-order chi connectivity index (χ1) is 24.9. The van der Waals surface area contributed by atoms with Crippen LogP contribution in [0.3, 0.4) is 0 Å². The van der Waals surface area contributed by atoms with Crippen molar-refractivity contribution in [2.45, 2.75) is 48.9 Å². The maximum atomic E-state index is 14.6. The molecule has 0 N–H and O–H groups in total. The van der Waals surface area contributed by atoms with E-state index in [1.165, 1.54) is 30.3 Å². The SMILES string of the molecule is C=C(Cl)CN1CCC(N(Cc2ccc(-c3ccc(C(F)(F)F)cc3)cc2)C(=O)Cn2c(SCc3cccc(F)c3F)cc(=O)c3ccccc32)CC1. The van der Waals surface area contributed by atoms with Gasteiger partial charge in [0.1, 0.15) is 6.54 Å². The second-order valence-corrected chi connectivity index (χ2v) is 14.3. The van der Waals surface area contributed by atoms with Crippen LogP contribution in [-0.2, 0) is 29.8 Å². The average molecular weight is 752 g/mol. The highest BCUT2D eigenvalue weighted by Gasteiger charge is 2.31. The highest BCUT2D eigenvalue weighted by atomic mass is 35.5. The van der Waals surface area contributed by atoms with Gasteiger partial charge >= 0.3 is 6.18 Å². The Balaban J connectivity index is 1.29. The van der Waals surface area contributed by atoms with E-state index in [1.807, 2.05) is 29.2 Å². The fourth-order valence-electron chi connectivity index (χ4n) is 6.53. The molecule has 1 fully saturated rings. The molecule has 4 aromatic carbocycles. The van der Waals surface area contributed by atoms with Gasteiger partial charge in [-0.25, -0.2) is 8.78 Å². The molecular formula is C40H35ClF5N3O2S. The van der Waals surface area contributed by atoms with Crippen molar-refractivity contribution in [3.05, 3.63) is 147 Å². The predicted octanol–water partition coefficient (Wildman–Crippen LogP) is 9.50. The zero-order valence-corrected chi connectivity index (χ0v) is 29.6. The quantitative estimate of drug-likeness (QED) is 0.0997. The number of aromatic nitrogens is 1. The summed E-state index contributed by atoms with van der Waals surface area (Å²) in [4.78, 5) is 31.7. The van der Waals surface area contributed by atoms with Crippen molar-refractivity contribution in [1.82, 2.24) is 14.4 Å². The highest BCUT2D eigenvalue weighted by Crippen LogP contribution is 2.32. The van der Waals surface area contributed by atoms with Crippen molar-refractivity contribution in [1.29, 1.82) is 0 Å². The molecule has 1 aromatic heterocycles. The molecule has 6 rings (SSSR count). The van der Waals surface area contributed by atoms with Crippen molar-refractivity contribution in [3.63, 3.8) is 0 Å². The number of thioether (sulfide) groups is 1. The van der Waals surface area contributed by atoms with E-state index in [1.54, 1.807) is 28.8 Å². The summed E-state index contributed by atoms with van der Waals surface area (Å²) in [6.45, 7) is 5.91. The molecule has 2 heterocycles. The van der Waals surface area contributed by atoms with Crippen LogP contribution in [0.25, 0.3) is 22.0 Å². The van der Waals surface area contributed by atoms with Gasteiger partial charge in [0.05, 0.1) is 16.1 Å². The molecule has 1 aliphatic rings. The number of halogens is 6. The summed E-state index contributed by atoms with van der Waals surface area (Å²) in [7, 11) is 0. The van der Waals surface area contributed by atoms with Gasteiger partial charge in [-0.1, -0.05) is 78.8 Å². The maximum absolute atomic E-state index is 14.6. The van der Waals surface area contributed by atoms with Gasteiger partial charge in [-0.2, -0.15) is 13.2 Å². The lowest BCUT2D eigenvalue weighted by molar-refractivity contribution is -0.137. The number of carbonyl (C=O) groups excluding carboxylic acids is 1. The van der Waals surface area contributed by atoms with Crippen LogP contribution in [0.1, 0.15) is 29.5 Å². The van der Waals surface area contributed by atoms with Gasteiger partial charge in [0.2, 0.25) is 5.91 Å². The summed E-state index contributed by atoms with van der Waals surface area (Å²) in [6, 6.07) is 24.6. The Morgan fingerprint density at radius 2 is 1.54 bits per heavy atom. The molecule has 52 heavy (non-hydrogen) atoms. The lowest BCUT2D eigenvalue weighted by Gasteiger charge is -2.39. The monoisotopic (exact) mass is 751 g/mol. The van der Waals surface area contributed by atoms with Crippen LogP contribution in [0.4, 0.5) is 22.0 Å². The van der Waals surface area contributed by atoms with Gasteiger partial charge in [0, 0.05) is 60.0 Å². The lowest BCUT2D eigenvalue weighted by Crippen LogP contribution is -2.48. The lowest BCUT2D eigenvalue weighted by atomic mass is 10.00. The number of fused-ring (bicyclic) bond motifs is 1. The van der Waals surface area contributed by atoms with Gasteiger partial charge in [-0.3, -0.25) is 14.5 Å². The zero-order chi connectivity index (χ0) is 37.0. The number of piperidine rings is 1. The average Bonchev–Trinajstić information content (AvgIpc) is 3.12. The van der Waals surface area contributed by atoms with Crippen molar-refractivity contribution in [3.8, 4) is 11.1 Å². The fourth-order valence-corrected chi connectivity index (χ4v) is 7.73. The van der Waals surface area contributed by atoms with E-state index < -0.39 is 23.4 Å².